The first-order valence-electron chi connectivity index (χ1n) is 5.33. The highest BCUT2D eigenvalue weighted by Gasteiger charge is 1.96. The standard InChI is InChI=1S/C11H18I2O2/c12-9-10(13)7-5-3-1-2-4-6-8-11(14)15/h9H,1-8H2,(H,14,15)/b10-9+. The Balaban J connectivity index is 3.08. The van der Waals surface area contributed by atoms with E-state index in [4.69, 9.17) is 5.11 Å². The van der Waals surface area contributed by atoms with Crippen molar-refractivity contribution in [2.45, 2.75) is 51.4 Å². The summed E-state index contributed by atoms with van der Waals surface area (Å²) in [7, 11) is 0. The van der Waals surface area contributed by atoms with Gasteiger partial charge >= 0.3 is 5.97 Å². The number of halogens is 2. The highest BCUT2D eigenvalue weighted by molar-refractivity contribution is 14.1. The first-order chi connectivity index (χ1) is 7.16. The molecule has 2 nitrogen and oxygen atoms in total. The molecule has 88 valence electrons. The highest BCUT2D eigenvalue weighted by atomic mass is 127. The molecule has 0 saturated carbocycles. The van der Waals surface area contributed by atoms with Crippen LogP contribution >= 0.6 is 45.2 Å². The Labute approximate surface area is 119 Å². The van der Waals surface area contributed by atoms with Gasteiger partial charge in [0, 0.05) is 6.42 Å². The molecule has 0 bridgehead atoms. The molecule has 0 unspecified atom stereocenters. The third-order valence-corrected chi connectivity index (χ3v) is 4.97. The maximum atomic E-state index is 10.2. The van der Waals surface area contributed by atoms with Crippen LogP contribution in [0.2, 0.25) is 0 Å². The monoisotopic (exact) mass is 436 g/mol. The summed E-state index contributed by atoms with van der Waals surface area (Å²) in [5, 5.41) is 8.43. The van der Waals surface area contributed by atoms with Crippen LogP contribution in [0.15, 0.2) is 7.66 Å². The molecule has 0 rings (SSSR count). The van der Waals surface area contributed by atoms with E-state index >= 15 is 0 Å². The van der Waals surface area contributed by atoms with Gasteiger partial charge in [-0.3, -0.25) is 4.79 Å². The normalized spacial score (nSPS) is 11.7. The molecule has 0 spiro atoms. The lowest BCUT2D eigenvalue weighted by atomic mass is 10.1. The number of unbranched alkanes of at least 4 members (excludes halogenated alkanes) is 5. The average molecular weight is 436 g/mol. The summed E-state index contributed by atoms with van der Waals surface area (Å²) in [5.74, 6) is -0.670. The summed E-state index contributed by atoms with van der Waals surface area (Å²) in [5.41, 5.74) is 0. The van der Waals surface area contributed by atoms with Gasteiger partial charge in [0.15, 0.2) is 0 Å². The summed E-state index contributed by atoms with van der Waals surface area (Å²) in [4.78, 5) is 10.2. The summed E-state index contributed by atoms with van der Waals surface area (Å²) < 4.78 is 3.56. The van der Waals surface area contributed by atoms with Crippen LogP contribution in [0.4, 0.5) is 0 Å². The molecular formula is C11H18I2O2. The quantitative estimate of drug-likeness (QED) is 0.413. The third-order valence-electron chi connectivity index (χ3n) is 2.17. The molecule has 0 aliphatic carbocycles. The number of hydrogen-bond donors (Lipinski definition) is 1. The molecule has 0 aromatic rings. The number of carboxylic acid groups (broad SMARTS) is 1. The molecule has 1 N–H and O–H groups in total. The number of allylic oxidation sites excluding steroid dienone is 1. The van der Waals surface area contributed by atoms with E-state index in [0.29, 0.717) is 6.42 Å². The van der Waals surface area contributed by atoms with Crippen LogP contribution in [0.1, 0.15) is 51.4 Å². The van der Waals surface area contributed by atoms with Gasteiger partial charge in [-0.05, 0) is 49.5 Å². The Morgan fingerprint density at radius 2 is 1.47 bits per heavy atom. The van der Waals surface area contributed by atoms with E-state index in [-0.39, 0.29) is 0 Å². The van der Waals surface area contributed by atoms with Gasteiger partial charge in [-0.25, -0.2) is 0 Å². The lowest BCUT2D eigenvalue weighted by Crippen LogP contribution is -1.93. The van der Waals surface area contributed by atoms with Crippen molar-refractivity contribution in [1.82, 2.24) is 0 Å². The van der Waals surface area contributed by atoms with Crippen molar-refractivity contribution in [2.24, 2.45) is 0 Å². The lowest BCUT2D eigenvalue weighted by Gasteiger charge is -2.00. The Bertz CT molecular complexity index is 203. The maximum absolute atomic E-state index is 10.2. The predicted molar refractivity (Wildman–Crippen MR) is 80.7 cm³/mol. The van der Waals surface area contributed by atoms with Crippen LogP contribution in [0.25, 0.3) is 0 Å². The first kappa shape index (κ1) is 15.7. The molecule has 0 aromatic carbocycles. The average Bonchev–Trinajstić information content (AvgIpc) is 2.21. The molecule has 0 amide bonds. The second-order valence-corrected chi connectivity index (χ2v) is 5.58. The van der Waals surface area contributed by atoms with Gasteiger partial charge < -0.3 is 5.11 Å². The highest BCUT2D eigenvalue weighted by Crippen LogP contribution is 2.18. The van der Waals surface area contributed by atoms with E-state index < -0.39 is 5.97 Å². The summed E-state index contributed by atoms with van der Waals surface area (Å²) in [6.07, 6.45) is 8.36. The second kappa shape index (κ2) is 11.2. The van der Waals surface area contributed by atoms with Crippen molar-refractivity contribution < 1.29 is 9.90 Å². The molecule has 0 atom stereocenters. The topological polar surface area (TPSA) is 37.3 Å². The van der Waals surface area contributed by atoms with Crippen molar-refractivity contribution in [1.29, 1.82) is 0 Å². The summed E-state index contributed by atoms with van der Waals surface area (Å²) in [6.45, 7) is 0. The molecular weight excluding hydrogens is 418 g/mol. The first-order valence-corrected chi connectivity index (χ1v) is 7.66. The molecule has 0 fully saturated rings. The fraction of sp³-hybridized carbons (Fsp3) is 0.727. The van der Waals surface area contributed by atoms with Gasteiger partial charge in [-0.1, -0.05) is 48.3 Å². The maximum Gasteiger partial charge on any atom is 0.303 e. The minimum Gasteiger partial charge on any atom is -0.481 e. The van der Waals surface area contributed by atoms with Gasteiger partial charge in [-0.2, -0.15) is 0 Å². The zero-order chi connectivity index (χ0) is 11.5. The van der Waals surface area contributed by atoms with E-state index in [0.717, 1.165) is 12.8 Å². The summed E-state index contributed by atoms with van der Waals surface area (Å²) >= 11 is 4.65. The molecule has 0 radical (unpaired) electrons. The molecule has 0 aliphatic heterocycles. The SMILES string of the molecule is O=C(O)CCCCCCCC/C(I)=C\I. The van der Waals surface area contributed by atoms with E-state index in [9.17, 15) is 4.79 Å². The van der Waals surface area contributed by atoms with Gasteiger partial charge in [0.1, 0.15) is 0 Å². The number of hydrogen-bond acceptors (Lipinski definition) is 1. The van der Waals surface area contributed by atoms with Crippen LogP contribution in [0.5, 0.6) is 0 Å². The molecule has 0 saturated heterocycles. The predicted octanol–water partition coefficient (Wildman–Crippen LogP) is 4.90. The van der Waals surface area contributed by atoms with Gasteiger partial charge in [0.05, 0.1) is 0 Å². The number of rotatable bonds is 9. The van der Waals surface area contributed by atoms with Crippen molar-refractivity contribution >= 4 is 51.2 Å². The van der Waals surface area contributed by atoms with E-state index in [1.807, 2.05) is 0 Å². The van der Waals surface area contributed by atoms with Gasteiger partial charge in [0.2, 0.25) is 0 Å². The minimum absolute atomic E-state index is 0.329. The van der Waals surface area contributed by atoms with Crippen molar-refractivity contribution in [3.05, 3.63) is 7.66 Å². The summed E-state index contributed by atoms with van der Waals surface area (Å²) in [6, 6.07) is 0. The largest absolute Gasteiger partial charge is 0.481 e. The molecule has 0 heterocycles. The Morgan fingerprint density at radius 3 is 1.93 bits per heavy atom. The van der Waals surface area contributed by atoms with Gasteiger partial charge in [0.25, 0.3) is 0 Å². The van der Waals surface area contributed by atoms with Crippen LogP contribution in [-0.2, 0) is 4.79 Å². The van der Waals surface area contributed by atoms with Crippen LogP contribution in [-0.4, -0.2) is 11.1 Å². The Morgan fingerprint density at radius 1 is 1.00 bits per heavy atom. The fourth-order valence-corrected chi connectivity index (χ4v) is 2.02. The molecule has 4 heteroatoms. The van der Waals surface area contributed by atoms with Crippen LogP contribution in [0, 0.1) is 0 Å². The molecule has 0 aliphatic rings. The molecule has 0 aromatic heterocycles. The van der Waals surface area contributed by atoms with Crippen molar-refractivity contribution in [3.8, 4) is 0 Å². The Kier molecular flexibility index (Phi) is 11.7. The van der Waals surface area contributed by atoms with Crippen molar-refractivity contribution in [3.63, 3.8) is 0 Å². The fourth-order valence-electron chi connectivity index (χ4n) is 1.33. The zero-order valence-corrected chi connectivity index (χ0v) is 13.2. The third kappa shape index (κ3) is 12.6. The van der Waals surface area contributed by atoms with E-state index in [2.05, 4.69) is 49.3 Å². The molecule has 15 heavy (non-hydrogen) atoms. The number of aliphatic carboxylic acids is 1. The Hall–Kier alpha value is 0.670. The van der Waals surface area contributed by atoms with Gasteiger partial charge in [-0.15, -0.1) is 0 Å². The lowest BCUT2D eigenvalue weighted by molar-refractivity contribution is -0.137. The van der Waals surface area contributed by atoms with Crippen molar-refractivity contribution in [2.75, 3.05) is 0 Å². The minimum atomic E-state index is -0.670. The van der Waals surface area contributed by atoms with Crippen LogP contribution < -0.4 is 0 Å². The number of carboxylic acids is 1. The number of carbonyl (C=O) groups is 1. The van der Waals surface area contributed by atoms with E-state index in [1.165, 1.54) is 35.7 Å². The van der Waals surface area contributed by atoms with E-state index in [1.54, 1.807) is 0 Å². The van der Waals surface area contributed by atoms with Crippen LogP contribution in [0.3, 0.4) is 0 Å². The smallest absolute Gasteiger partial charge is 0.303 e. The zero-order valence-electron chi connectivity index (χ0n) is 8.85. The second-order valence-electron chi connectivity index (χ2n) is 3.57.